The number of aliphatic hydroxyl groups is 1. The lowest BCUT2D eigenvalue weighted by molar-refractivity contribution is -0.136. The molecule has 3 aromatic rings. The van der Waals surface area contributed by atoms with Crippen molar-refractivity contribution in [1.82, 2.24) is 0 Å². The molecule has 0 amide bonds. The topological polar surface area (TPSA) is 127 Å². The number of esters is 2. The van der Waals surface area contributed by atoms with Crippen LogP contribution < -0.4 is 0 Å². The van der Waals surface area contributed by atoms with Crippen molar-refractivity contribution in [2.24, 2.45) is 0 Å². The van der Waals surface area contributed by atoms with Crippen LogP contribution in [0.25, 0.3) is 0 Å². The first kappa shape index (κ1) is 42.0. The van der Waals surface area contributed by atoms with E-state index in [4.69, 9.17) is 31.3 Å². The van der Waals surface area contributed by atoms with E-state index in [2.05, 4.69) is 0 Å². The number of aliphatic carboxylic acids is 1. The minimum absolute atomic E-state index is 0.0470. The molecule has 0 radical (unpaired) electrons. The van der Waals surface area contributed by atoms with Crippen molar-refractivity contribution in [3.8, 4) is 0 Å². The minimum atomic E-state index is -0.894. The quantitative estimate of drug-likeness (QED) is 0.207. The summed E-state index contributed by atoms with van der Waals surface area (Å²) < 4.78 is 10.4. The highest BCUT2D eigenvalue weighted by Gasteiger charge is 2.18. The lowest BCUT2D eigenvalue weighted by Crippen LogP contribution is -2.23. The van der Waals surface area contributed by atoms with Gasteiger partial charge in [-0.15, -0.1) is 0 Å². The van der Waals surface area contributed by atoms with Gasteiger partial charge in [0, 0.05) is 5.56 Å². The van der Waals surface area contributed by atoms with Crippen LogP contribution in [0.4, 0.5) is 0 Å². The molecule has 3 aromatic carbocycles. The van der Waals surface area contributed by atoms with Gasteiger partial charge in [0.1, 0.15) is 11.2 Å². The molecule has 0 unspecified atom stereocenters. The molecular formula is C37H49ClO8. The van der Waals surface area contributed by atoms with Crippen LogP contribution in [0.5, 0.6) is 0 Å². The summed E-state index contributed by atoms with van der Waals surface area (Å²) in [6.45, 7) is 20.1. The zero-order valence-electron chi connectivity index (χ0n) is 28.9. The number of carboxylic acids is 1. The number of carboxylic acid groups (broad SMARTS) is 1. The number of hydrogen-bond acceptors (Lipinski definition) is 7. The van der Waals surface area contributed by atoms with Crippen molar-refractivity contribution >= 4 is 34.8 Å². The van der Waals surface area contributed by atoms with Gasteiger partial charge >= 0.3 is 17.9 Å². The lowest BCUT2D eigenvalue weighted by atomic mass is 10.1. The third-order valence-electron chi connectivity index (χ3n) is 4.91. The van der Waals surface area contributed by atoms with Crippen molar-refractivity contribution in [3.05, 3.63) is 106 Å². The van der Waals surface area contributed by atoms with Crippen LogP contribution >= 0.6 is 11.6 Å². The highest BCUT2D eigenvalue weighted by molar-refractivity contribution is 6.67. The second-order valence-corrected chi connectivity index (χ2v) is 13.8. The van der Waals surface area contributed by atoms with Crippen molar-refractivity contribution in [2.45, 2.75) is 99.4 Å². The first-order valence-corrected chi connectivity index (χ1v) is 15.1. The van der Waals surface area contributed by atoms with E-state index in [0.29, 0.717) is 22.3 Å². The van der Waals surface area contributed by atoms with E-state index in [9.17, 15) is 19.2 Å². The number of aryl methyl sites for hydroxylation is 2. The van der Waals surface area contributed by atoms with E-state index in [-0.39, 0.29) is 12.4 Å². The molecule has 0 saturated heterocycles. The highest BCUT2D eigenvalue weighted by atomic mass is 35.5. The normalized spacial score (nSPS) is 10.8. The Hall–Kier alpha value is -4.01. The second-order valence-electron chi connectivity index (χ2n) is 13.4. The Kier molecular flexibility index (Phi) is 17.2. The summed E-state index contributed by atoms with van der Waals surface area (Å²) in [4.78, 5) is 44.2. The summed E-state index contributed by atoms with van der Waals surface area (Å²) in [5, 5.41) is 16.7. The number of halogens is 1. The standard InChI is InChI=1S/C13H16O4.C12H16O2.C8H7ClO.C4H10O/c1-13(2,3)17-12(16)10-6-4-9(5-7-10)8-11(14)15;1-9-5-7-10(8-6-9)11(13)14-12(2,3)4;1-6-2-4-7(5-3-6)8(9)10;1-4(2,3)5/h4-7H,8H2,1-3H3,(H,14,15);5-8H,1-4H3;2-5H,1H3;5H,1-3H3. The maximum atomic E-state index is 11.7. The second kappa shape index (κ2) is 18.8. The Morgan fingerprint density at radius 3 is 1.13 bits per heavy atom. The summed E-state index contributed by atoms with van der Waals surface area (Å²) >= 11 is 5.22. The van der Waals surface area contributed by atoms with E-state index >= 15 is 0 Å². The first-order chi connectivity index (χ1) is 20.9. The van der Waals surface area contributed by atoms with Crippen LogP contribution in [0, 0.1) is 13.8 Å². The maximum absolute atomic E-state index is 11.7. The third-order valence-corrected chi connectivity index (χ3v) is 5.13. The minimum Gasteiger partial charge on any atom is -0.481 e. The summed E-state index contributed by atoms with van der Waals surface area (Å²) in [6, 6.07) is 20.9. The van der Waals surface area contributed by atoms with E-state index in [0.717, 1.165) is 11.1 Å². The Morgan fingerprint density at radius 1 is 0.587 bits per heavy atom. The Morgan fingerprint density at radius 2 is 0.870 bits per heavy atom. The molecule has 0 fully saturated rings. The molecule has 0 atom stereocenters. The third kappa shape index (κ3) is 22.5. The smallest absolute Gasteiger partial charge is 0.338 e. The number of carbonyl (C=O) groups excluding carboxylic acids is 3. The van der Waals surface area contributed by atoms with Gasteiger partial charge in [0.25, 0.3) is 5.24 Å². The van der Waals surface area contributed by atoms with Gasteiger partial charge in [-0.25, -0.2) is 9.59 Å². The van der Waals surface area contributed by atoms with Crippen LogP contribution in [0.15, 0.2) is 72.8 Å². The molecule has 0 heterocycles. The van der Waals surface area contributed by atoms with E-state index < -0.39 is 34.0 Å². The van der Waals surface area contributed by atoms with Crippen LogP contribution in [0.3, 0.4) is 0 Å². The Labute approximate surface area is 278 Å². The summed E-state index contributed by atoms with van der Waals surface area (Å²) in [6.07, 6.45) is -0.0470. The highest BCUT2D eigenvalue weighted by Crippen LogP contribution is 2.14. The molecule has 0 spiro atoms. The van der Waals surface area contributed by atoms with Gasteiger partial charge in [-0.05, 0) is 130 Å². The lowest BCUT2D eigenvalue weighted by Gasteiger charge is -2.19. The van der Waals surface area contributed by atoms with E-state index in [1.807, 2.05) is 58.9 Å². The van der Waals surface area contributed by atoms with Gasteiger partial charge in [0.2, 0.25) is 0 Å². The van der Waals surface area contributed by atoms with E-state index in [1.54, 1.807) is 90.1 Å². The first-order valence-electron chi connectivity index (χ1n) is 14.7. The molecule has 252 valence electrons. The largest absolute Gasteiger partial charge is 0.481 e. The SMILES string of the molecule is CC(C)(C)O.CC(C)(C)OC(=O)c1ccc(CC(=O)O)cc1.Cc1ccc(C(=O)Cl)cc1.Cc1ccc(C(=O)OC(C)(C)C)cc1. The van der Waals surface area contributed by atoms with Gasteiger partial charge in [-0.1, -0.05) is 47.5 Å². The van der Waals surface area contributed by atoms with Gasteiger partial charge in [-0.2, -0.15) is 0 Å². The van der Waals surface area contributed by atoms with Crippen LogP contribution in [0.2, 0.25) is 0 Å². The fourth-order valence-corrected chi connectivity index (χ4v) is 3.11. The van der Waals surface area contributed by atoms with Crippen molar-refractivity contribution in [3.63, 3.8) is 0 Å². The molecular weight excluding hydrogens is 608 g/mol. The molecule has 9 heteroatoms. The molecule has 0 aromatic heterocycles. The molecule has 46 heavy (non-hydrogen) atoms. The van der Waals surface area contributed by atoms with Gasteiger partial charge in [0.15, 0.2) is 0 Å². The summed E-state index contributed by atoms with van der Waals surface area (Å²) in [7, 11) is 0. The number of rotatable bonds is 5. The molecule has 0 bridgehead atoms. The number of hydrogen-bond donors (Lipinski definition) is 2. The summed E-state index contributed by atoms with van der Waals surface area (Å²) in [5.41, 5.74) is 3.04. The average molecular weight is 657 g/mol. The molecule has 0 aliphatic carbocycles. The van der Waals surface area contributed by atoms with Gasteiger partial charge < -0.3 is 19.7 Å². The molecule has 3 rings (SSSR count). The predicted molar refractivity (Wildman–Crippen MR) is 183 cm³/mol. The van der Waals surface area contributed by atoms with E-state index in [1.165, 1.54) is 0 Å². The fraction of sp³-hybridized carbons (Fsp3) is 0.405. The van der Waals surface area contributed by atoms with Gasteiger partial charge in [0.05, 0.1) is 23.1 Å². The van der Waals surface area contributed by atoms with Crippen molar-refractivity contribution < 1.29 is 38.9 Å². The molecule has 0 saturated carbocycles. The number of carbonyl (C=O) groups is 4. The number of ether oxygens (including phenoxy) is 2. The molecule has 8 nitrogen and oxygen atoms in total. The molecule has 0 aliphatic rings. The maximum Gasteiger partial charge on any atom is 0.338 e. The van der Waals surface area contributed by atoms with Crippen LogP contribution in [0.1, 0.15) is 110 Å². The Balaban J connectivity index is 0.000000630. The van der Waals surface area contributed by atoms with Crippen molar-refractivity contribution in [1.29, 1.82) is 0 Å². The monoisotopic (exact) mass is 656 g/mol. The average Bonchev–Trinajstić information content (AvgIpc) is 2.87. The van der Waals surface area contributed by atoms with Crippen LogP contribution in [-0.4, -0.2) is 50.2 Å². The summed E-state index contributed by atoms with van der Waals surface area (Å²) in [5.74, 6) is -1.56. The molecule has 2 N–H and O–H groups in total. The number of benzene rings is 3. The van der Waals surface area contributed by atoms with Gasteiger partial charge in [-0.3, -0.25) is 9.59 Å². The zero-order chi connectivity index (χ0) is 35.9. The zero-order valence-corrected chi connectivity index (χ0v) is 29.6. The Bertz CT molecular complexity index is 1380. The molecule has 0 aliphatic heterocycles. The fourth-order valence-electron chi connectivity index (χ4n) is 2.98. The predicted octanol–water partition coefficient (Wildman–Crippen LogP) is 8.37. The van der Waals surface area contributed by atoms with Crippen LogP contribution in [-0.2, 0) is 20.7 Å². The van der Waals surface area contributed by atoms with Crippen molar-refractivity contribution in [2.75, 3.05) is 0 Å².